The number of ether oxygens (including phenoxy) is 1. The second-order valence-electron chi connectivity index (χ2n) is 8.75. The summed E-state index contributed by atoms with van der Waals surface area (Å²) in [5.41, 5.74) is 4.27. The van der Waals surface area contributed by atoms with Crippen molar-refractivity contribution in [1.82, 2.24) is 14.9 Å². The fraction of sp³-hybridized carbons (Fsp3) is 0.320. The molecule has 2 aliphatic rings. The molecule has 1 aromatic heterocycles. The van der Waals surface area contributed by atoms with Crippen LogP contribution in [0.25, 0.3) is 11.4 Å². The molecular weight excluding hydrogens is 435 g/mol. The Kier molecular flexibility index (Phi) is 6.12. The van der Waals surface area contributed by atoms with E-state index in [-0.39, 0.29) is 11.9 Å². The fourth-order valence-electron chi connectivity index (χ4n) is 4.33. The molecular formula is C25H27FN6O2. The summed E-state index contributed by atoms with van der Waals surface area (Å²) >= 11 is 0. The second kappa shape index (κ2) is 9.36. The standard InChI is InChI=1S/C25H27FN6O2/c1-16-15-34-12-11-32(16)24-21-13-31(2)14-22(21)29-23(30-24)17-3-7-19(8-4-17)27-25(33)28-20-9-5-18(26)6-10-20/h3-10,16H,11-15H2,1-2H3,(H2,27,28,33). The number of benzene rings is 2. The lowest BCUT2D eigenvalue weighted by Gasteiger charge is -2.35. The molecule has 0 bridgehead atoms. The van der Waals surface area contributed by atoms with Gasteiger partial charge in [-0.2, -0.15) is 0 Å². The van der Waals surface area contributed by atoms with Gasteiger partial charge in [-0.05, 0) is 62.5 Å². The number of hydrogen-bond donors (Lipinski definition) is 2. The largest absolute Gasteiger partial charge is 0.377 e. The lowest BCUT2D eigenvalue weighted by Crippen LogP contribution is -2.44. The van der Waals surface area contributed by atoms with Crippen LogP contribution in [0.1, 0.15) is 18.2 Å². The van der Waals surface area contributed by atoms with Crippen molar-refractivity contribution in [3.05, 3.63) is 65.6 Å². The molecule has 2 aliphatic heterocycles. The van der Waals surface area contributed by atoms with E-state index in [9.17, 15) is 9.18 Å². The zero-order chi connectivity index (χ0) is 23.7. The van der Waals surface area contributed by atoms with E-state index >= 15 is 0 Å². The van der Waals surface area contributed by atoms with E-state index in [1.54, 1.807) is 0 Å². The Hall–Kier alpha value is -3.56. The van der Waals surface area contributed by atoms with Gasteiger partial charge in [0.15, 0.2) is 5.82 Å². The third-order valence-corrected chi connectivity index (χ3v) is 6.06. The van der Waals surface area contributed by atoms with Gasteiger partial charge in [0.05, 0.1) is 24.9 Å². The molecule has 0 saturated carbocycles. The summed E-state index contributed by atoms with van der Waals surface area (Å²) in [5.74, 6) is 1.30. The lowest BCUT2D eigenvalue weighted by atomic mass is 10.1. The van der Waals surface area contributed by atoms with Crippen LogP contribution in [0.3, 0.4) is 0 Å². The average Bonchev–Trinajstić information content (AvgIpc) is 3.21. The number of hydrogen-bond acceptors (Lipinski definition) is 6. The summed E-state index contributed by atoms with van der Waals surface area (Å²) in [5, 5.41) is 5.47. The molecule has 1 unspecified atom stereocenters. The van der Waals surface area contributed by atoms with E-state index in [4.69, 9.17) is 14.7 Å². The summed E-state index contributed by atoms with van der Waals surface area (Å²) < 4.78 is 18.7. The molecule has 34 heavy (non-hydrogen) atoms. The minimum atomic E-state index is -0.403. The maximum Gasteiger partial charge on any atom is 0.323 e. The van der Waals surface area contributed by atoms with E-state index in [1.165, 1.54) is 29.8 Å². The van der Waals surface area contributed by atoms with Crippen LogP contribution in [0, 0.1) is 5.82 Å². The molecule has 0 spiro atoms. The van der Waals surface area contributed by atoms with Crippen LogP contribution in [0.2, 0.25) is 0 Å². The van der Waals surface area contributed by atoms with E-state index in [2.05, 4.69) is 34.4 Å². The maximum absolute atomic E-state index is 13.0. The number of aromatic nitrogens is 2. The molecule has 9 heteroatoms. The van der Waals surface area contributed by atoms with E-state index in [1.807, 2.05) is 24.3 Å². The molecule has 3 aromatic rings. The molecule has 0 radical (unpaired) electrons. The van der Waals surface area contributed by atoms with Crippen molar-refractivity contribution < 1.29 is 13.9 Å². The number of nitrogens with one attached hydrogen (secondary N) is 2. The Morgan fingerprint density at radius 1 is 1.03 bits per heavy atom. The Morgan fingerprint density at radius 2 is 1.71 bits per heavy atom. The summed E-state index contributed by atoms with van der Waals surface area (Å²) in [6.07, 6.45) is 0. The van der Waals surface area contributed by atoms with Gasteiger partial charge in [0.1, 0.15) is 11.6 Å². The van der Waals surface area contributed by atoms with E-state index in [0.29, 0.717) is 30.4 Å². The summed E-state index contributed by atoms with van der Waals surface area (Å²) in [7, 11) is 2.09. The quantitative estimate of drug-likeness (QED) is 0.608. The Morgan fingerprint density at radius 3 is 2.38 bits per heavy atom. The van der Waals surface area contributed by atoms with E-state index in [0.717, 1.165) is 36.7 Å². The van der Waals surface area contributed by atoms with Gasteiger partial charge < -0.3 is 20.3 Å². The highest BCUT2D eigenvalue weighted by molar-refractivity contribution is 5.99. The van der Waals surface area contributed by atoms with Crippen LogP contribution in [0.5, 0.6) is 0 Å². The highest BCUT2D eigenvalue weighted by atomic mass is 19.1. The zero-order valence-corrected chi connectivity index (χ0v) is 19.2. The van der Waals surface area contributed by atoms with Gasteiger partial charge in [-0.3, -0.25) is 4.90 Å². The minimum Gasteiger partial charge on any atom is -0.377 e. The topological polar surface area (TPSA) is 82.6 Å². The van der Waals surface area contributed by atoms with E-state index < -0.39 is 6.03 Å². The van der Waals surface area contributed by atoms with Crippen molar-refractivity contribution in [3.63, 3.8) is 0 Å². The van der Waals surface area contributed by atoms with Crippen LogP contribution in [0.4, 0.5) is 26.4 Å². The summed E-state index contributed by atoms with van der Waals surface area (Å²) in [6.45, 7) is 5.96. The first-order valence-electron chi connectivity index (χ1n) is 11.3. The van der Waals surface area contributed by atoms with Gasteiger partial charge in [-0.1, -0.05) is 0 Å². The predicted octanol–water partition coefficient (Wildman–Crippen LogP) is 4.10. The monoisotopic (exact) mass is 462 g/mol. The molecule has 3 heterocycles. The number of nitrogens with zero attached hydrogens (tertiary/aromatic N) is 4. The van der Waals surface area contributed by atoms with Gasteiger partial charge in [-0.15, -0.1) is 0 Å². The molecule has 5 rings (SSSR count). The number of urea groups is 1. The van der Waals surface area contributed by atoms with Gasteiger partial charge >= 0.3 is 6.03 Å². The second-order valence-corrected chi connectivity index (χ2v) is 8.75. The zero-order valence-electron chi connectivity index (χ0n) is 19.2. The normalized spacial score (nSPS) is 18.0. The number of morpholine rings is 1. The SMILES string of the molecule is CC1COCCN1c1nc(-c2ccc(NC(=O)Nc3ccc(F)cc3)cc2)nc2c1CN(C)C2. The Bertz CT molecular complexity index is 1190. The highest BCUT2D eigenvalue weighted by Crippen LogP contribution is 2.33. The van der Waals surface area contributed by atoms with Crippen molar-refractivity contribution in [1.29, 1.82) is 0 Å². The van der Waals surface area contributed by atoms with Crippen molar-refractivity contribution in [2.24, 2.45) is 0 Å². The number of halogens is 1. The summed E-state index contributed by atoms with van der Waals surface area (Å²) in [4.78, 5) is 26.7. The predicted molar refractivity (Wildman–Crippen MR) is 129 cm³/mol. The van der Waals surface area contributed by atoms with Crippen LogP contribution in [-0.2, 0) is 17.8 Å². The number of carbonyl (C=O) groups is 1. The van der Waals surface area contributed by atoms with Crippen LogP contribution >= 0.6 is 0 Å². The van der Waals surface area contributed by atoms with Gasteiger partial charge in [0.2, 0.25) is 0 Å². The number of amides is 2. The first-order valence-corrected chi connectivity index (χ1v) is 11.3. The third-order valence-electron chi connectivity index (χ3n) is 6.06. The summed E-state index contributed by atoms with van der Waals surface area (Å²) in [6, 6.07) is 12.9. The molecule has 1 saturated heterocycles. The van der Waals surface area contributed by atoms with Gasteiger partial charge in [0, 0.05) is 42.1 Å². The van der Waals surface area contributed by atoms with Crippen molar-refractivity contribution in [3.8, 4) is 11.4 Å². The van der Waals surface area contributed by atoms with Crippen LogP contribution < -0.4 is 15.5 Å². The lowest BCUT2D eigenvalue weighted by molar-refractivity contribution is 0.0984. The molecule has 2 N–H and O–H groups in total. The highest BCUT2D eigenvalue weighted by Gasteiger charge is 2.29. The van der Waals surface area contributed by atoms with Gasteiger partial charge in [0.25, 0.3) is 0 Å². The van der Waals surface area contributed by atoms with Gasteiger partial charge in [-0.25, -0.2) is 19.2 Å². The molecule has 2 amide bonds. The molecule has 176 valence electrons. The van der Waals surface area contributed by atoms with Crippen molar-refractivity contribution in [2.45, 2.75) is 26.1 Å². The average molecular weight is 463 g/mol. The first-order chi connectivity index (χ1) is 16.5. The molecule has 2 aromatic carbocycles. The smallest absolute Gasteiger partial charge is 0.323 e. The fourth-order valence-corrected chi connectivity index (χ4v) is 4.33. The Labute approximate surface area is 197 Å². The van der Waals surface area contributed by atoms with Crippen molar-refractivity contribution in [2.75, 3.05) is 42.3 Å². The van der Waals surface area contributed by atoms with Crippen LogP contribution in [-0.4, -0.2) is 53.7 Å². The molecule has 8 nitrogen and oxygen atoms in total. The minimum absolute atomic E-state index is 0.248. The number of fused-ring (bicyclic) bond motifs is 1. The molecule has 1 atom stereocenters. The van der Waals surface area contributed by atoms with Crippen molar-refractivity contribution >= 4 is 23.2 Å². The molecule has 0 aliphatic carbocycles. The van der Waals surface area contributed by atoms with Crippen LogP contribution in [0.15, 0.2) is 48.5 Å². The third kappa shape index (κ3) is 4.71. The maximum atomic E-state index is 13.0. The molecule has 1 fully saturated rings. The number of carbonyl (C=O) groups excluding carboxylic acids is 1. The first kappa shape index (κ1) is 22.2. The number of anilines is 3. The number of rotatable bonds is 4. The Balaban J connectivity index is 1.35.